The van der Waals surface area contributed by atoms with Gasteiger partial charge in [-0.3, -0.25) is 0 Å². The Morgan fingerprint density at radius 3 is 1.08 bits per heavy atom. The van der Waals surface area contributed by atoms with Crippen LogP contribution in [0.3, 0.4) is 0 Å². The molecule has 6 heteroatoms. The topological polar surface area (TPSA) is 19.7 Å². The van der Waals surface area contributed by atoms with Gasteiger partial charge in [-0.1, -0.05) is 181 Å². The minimum absolute atomic E-state index is 0.0288. The van der Waals surface area contributed by atoms with Crippen molar-refractivity contribution in [3.8, 4) is 22.7 Å². The number of benzene rings is 10. The number of hydrogen-bond donors (Lipinski definition) is 0. The Morgan fingerprint density at radius 1 is 0.273 bits per heavy atom. The van der Waals surface area contributed by atoms with Crippen LogP contribution in [0.1, 0.15) is 0 Å². The van der Waals surface area contributed by atoms with Crippen LogP contribution in [0.5, 0.6) is 0 Å². The number of aromatic nitrogens is 4. The van der Waals surface area contributed by atoms with E-state index in [-0.39, 0.29) is 6.71 Å². The predicted molar refractivity (Wildman–Crippen MR) is 279 cm³/mol. The number of para-hydroxylation sites is 8. The molecule has 4 nitrogen and oxygen atoms in total. The average molecular weight is 855 g/mol. The van der Waals surface area contributed by atoms with E-state index in [0.29, 0.717) is 0 Å². The van der Waals surface area contributed by atoms with Crippen LogP contribution >= 0.6 is 11.8 Å². The molecule has 304 valence electrons. The summed E-state index contributed by atoms with van der Waals surface area (Å²) in [5.41, 5.74) is 18.3. The van der Waals surface area contributed by atoms with Gasteiger partial charge in [0, 0.05) is 58.4 Å². The highest BCUT2D eigenvalue weighted by atomic mass is 32.2. The monoisotopic (exact) mass is 854 g/mol. The standard InChI is InChI=1S/C60H35BN4S/c1-9-28-46-36(18-1)37-19-2-10-29-47(37)62(46)57-56-54-60(66-53-35-16-8-26-44(53)61(54)45-27-17-25-43-42-24-7-15-34-52(42)65(56)55(43)45)59(64-50-32-13-5-22-40(50)41-23-6-14-33-51(41)64)58(57)63-48-30-11-3-20-38(48)39-21-4-12-31-49(39)63/h1-35H. The van der Waals surface area contributed by atoms with E-state index in [1.165, 1.54) is 125 Å². The SMILES string of the molecule is c1ccc2c(c1)Sc1c3c(c(-n4c5ccccc5c5ccccc54)c(-n4c5ccccc5c5ccccc54)c1-n1c4ccccc4c4ccccc41)-n1c4ccccc4c4cccc(c41)B23. The van der Waals surface area contributed by atoms with E-state index >= 15 is 0 Å². The molecule has 0 saturated heterocycles. The van der Waals surface area contributed by atoms with E-state index in [1.54, 1.807) is 0 Å². The smallest absolute Gasteiger partial charge is 0.249 e. The molecular weight excluding hydrogens is 820 g/mol. The first-order valence-corrected chi connectivity index (χ1v) is 23.6. The quantitative estimate of drug-likeness (QED) is 0.162. The van der Waals surface area contributed by atoms with Gasteiger partial charge in [-0.05, 0) is 59.5 Å². The number of hydrogen-bond acceptors (Lipinski definition) is 1. The first-order valence-electron chi connectivity index (χ1n) is 22.8. The molecule has 14 aromatic rings. The van der Waals surface area contributed by atoms with Gasteiger partial charge >= 0.3 is 0 Å². The highest BCUT2D eigenvalue weighted by Crippen LogP contribution is 2.51. The Labute approximate surface area is 383 Å². The number of fused-ring (bicyclic) bond motifs is 16. The zero-order chi connectivity index (χ0) is 42.8. The fourth-order valence-electron chi connectivity index (χ4n) is 12.3. The number of rotatable bonds is 3. The highest BCUT2D eigenvalue weighted by molar-refractivity contribution is 8.00. The molecule has 16 rings (SSSR count). The van der Waals surface area contributed by atoms with Crippen LogP contribution in [0, 0.1) is 0 Å². The average Bonchev–Trinajstić information content (AvgIpc) is 4.11. The van der Waals surface area contributed by atoms with Crippen molar-refractivity contribution in [2.45, 2.75) is 9.79 Å². The zero-order valence-corrected chi connectivity index (χ0v) is 36.3. The second kappa shape index (κ2) is 12.8. The third-order valence-corrected chi connectivity index (χ3v) is 16.0. The first-order chi connectivity index (χ1) is 32.8. The summed E-state index contributed by atoms with van der Waals surface area (Å²) in [7, 11) is 0. The molecule has 0 unspecified atom stereocenters. The molecule has 66 heavy (non-hydrogen) atoms. The molecule has 0 fully saturated rings. The van der Waals surface area contributed by atoms with Gasteiger partial charge in [0.1, 0.15) is 0 Å². The van der Waals surface area contributed by atoms with Gasteiger partial charge in [-0.15, -0.1) is 0 Å². The molecular formula is C60H35BN4S. The van der Waals surface area contributed by atoms with Gasteiger partial charge in [0.05, 0.1) is 61.4 Å². The molecule has 0 aliphatic carbocycles. The Hall–Kier alpha value is -8.19. The number of nitrogens with zero attached hydrogens (tertiary/aromatic N) is 4. The molecule has 2 aliphatic rings. The van der Waals surface area contributed by atoms with E-state index in [2.05, 4.69) is 231 Å². The molecule has 2 aliphatic heterocycles. The summed E-state index contributed by atoms with van der Waals surface area (Å²) in [4.78, 5) is 2.57. The lowest BCUT2D eigenvalue weighted by atomic mass is 9.35. The molecule has 0 saturated carbocycles. The fraction of sp³-hybridized carbons (Fsp3) is 0. The van der Waals surface area contributed by atoms with Crippen molar-refractivity contribution in [1.29, 1.82) is 0 Å². The molecule has 0 bridgehead atoms. The van der Waals surface area contributed by atoms with Gasteiger partial charge in [-0.2, -0.15) is 0 Å². The maximum Gasteiger partial charge on any atom is 0.249 e. The Morgan fingerprint density at radius 2 is 0.606 bits per heavy atom. The minimum atomic E-state index is -0.0288. The van der Waals surface area contributed by atoms with Crippen molar-refractivity contribution in [1.82, 2.24) is 18.3 Å². The maximum atomic E-state index is 2.66. The normalized spacial score (nSPS) is 13.1. The van der Waals surface area contributed by atoms with Crippen molar-refractivity contribution >= 4 is 122 Å². The molecule has 4 aromatic heterocycles. The second-order valence-electron chi connectivity index (χ2n) is 17.9. The van der Waals surface area contributed by atoms with Crippen molar-refractivity contribution < 1.29 is 0 Å². The Bertz CT molecular complexity index is 4190. The summed E-state index contributed by atoms with van der Waals surface area (Å²) in [5, 5.41) is 9.97. The summed E-state index contributed by atoms with van der Waals surface area (Å²) in [6.45, 7) is -0.0288. The van der Waals surface area contributed by atoms with Crippen LogP contribution in [-0.2, 0) is 0 Å². The molecule has 0 radical (unpaired) electrons. The minimum Gasteiger partial charge on any atom is -0.308 e. The van der Waals surface area contributed by atoms with Gasteiger partial charge < -0.3 is 18.3 Å². The van der Waals surface area contributed by atoms with Crippen LogP contribution in [-0.4, -0.2) is 25.0 Å². The highest BCUT2D eigenvalue weighted by Gasteiger charge is 2.45. The van der Waals surface area contributed by atoms with Gasteiger partial charge in [0.25, 0.3) is 0 Å². The van der Waals surface area contributed by atoms with Crippen LogP contribution in [0.25, 0.3) is 110 Å². The Balaban J connectivity index is 1.28. The molecule has 6 heterocycles. The predicted octanol–water partition coefficient (Wildman–Crippen LogP) is 13.4. The van der Waals surface area contributed by atoms with Gasteiger partial charge in [0.2, 0.25) is 6.71 Å². The molecule has 0 amide bonds. The summed E-state index contributed by atoms with van der Waals surface area (Å²) in [6, 6.07) is 79.5. The van der Waals surface area contributed by atoms with E-state index in [1.807, 2.05) is 11.8 Å². The second-order valence-corrected chi connectivity index (χ2v) is 19.0. The van der Waals surface area contributed by atoms with Crippen molar-refractivity contribution in [2.24, 2.45) is 0 Å². The van der Waals surface area contributed by atoms with Crippen molar-refractivity contribution in [3.05, 3.63) is 212 Å². The largest absolute Gasteiger partial charge is 0.308 e. The summed E-state index contributed by atoms with van der Waals surface area (Å²) >= 11 is 1.94. The lowest BCUT2D eigenvalue weighted by Gasteiger charge is -2.38. The molecule has 10 aromatic carbocycles. The first kappa shape index (κ1) is 35.2. The van der Waals surface area contributed by atoms with E-state index < -0.39 is 0 Å². The fourth-order valence-corrected chi connectivity index (χ4v) is 13.6. The lowest BCUT2D eigenvalue weighted by molar-refractivity contribution is 1.00. The van der Waals surface area contributed by atoms with Crippen LogP contribution < -0.4 is 16.4 Å². The molecule has 0 atom stereocenters. The zero-order valence-electron chi connectivity index (χ0n) is 35.5. The van der Waals surface area contributed by atoms with Crippen molar-refractivity contribution in [3.63, 3.8) is 0 Å². The Kier molecular flexibility index (Phi) is 6.80. The van der Waals surface area contributed by atoms with E-state index in [0.717, 1.165) is 11.4 Å². The third kappa shape index (κ3) is 4.29. The van der Waals surface area contributed by atoms with Gasteiger partial charge in [0.15, 0.2) is 0 Å². The van der Waals surface area contributed by atoms with Gasteiger partial charge in [-0.25, -0.2) is 0 Å². The van der Waals surface area contributed by atoms with E-state index in [4.69, 9.17) is 0 Å². The maximum absolute atomic E-state index is 2.66. The van der Waals surface area contributed by atoms with Crippen LogP contribution in [0.4, 0.5) is 0 Å². The summed E-state index contributed by atoms with van der Waals surface area (Å²) < 4.78 is 10.5. The molecule has 0 N–H and O–H groups in total. The van der Waals surface area contributed by atoms with Crippen molar-refractivity contribution in [2.75, 3.05) is 0 Å². The third-order valence-electron chi connectivity index (χ3n) is 14.8. The summed E-state index contributed by atoms with van der Waals surface area (Å²) in [6.07, 6.45) is 0. The lowest BCUT2D eigenvalue weighted by Crippen LogP contribution is -2.59. The summed E-state index contributed by atoms with van der Waals surface area (Å²) in [5.74, 6) is 0. The molecule has 0 spiro atoms. The van der Waals surface area contributed by atoms with E-state index in [9.17, 15) is 0 Å². The van der Waals surface area contributed by atoms with Crippen LogP contribution in [0.2, 0.25) is 0 Å². The van der Waals surface area contributed by atoms with Crippen LogP contribution in [0.15, 0.2) is 222 Å².